The van der Waals surface area contributed by atoms with Crippen LogP contribution in [-0.4, -0.2) is 22.8 Å². The normalized spacial score (nSPS) is 12.1. The molecule has 1 atom stereocenters. The quantitative estimate of drug-likeness (QED) is 0.288. The largest absolute Gasteiger partial charge is 0.507 e. The SMILES string of the molecule is CC(C)(C)OC(=O)NC(C(=O)Oc1cc(O)c2c(=O)cc(-c3ccccc3)oc2c1)c1ccccc1. The lowest BCUT2D eigenvalue weighted by Crippen LogP contribution is -2.39. The molecule has 0 fully saturated rings. The molecule has 8 heteroatoms. The molecule has 0 spiro atoms. The van der Waals surface area contributed by atoms with Crippen molar-refractivity contribution in [3.05, 3.63) is 94.6 Å². The van der Waals surface area contributed by atoms with Crippen LogP contribution >= 0.6 is 0 Å². The molecule has 4 aromatic rings. The van der Waals surface area contributed by atoms with Crippen molar-refractivity contribution in [2.75, 3.05) is 0 Å². The third-order valence-corrected chi connectivity index (χ3v) is 5.09. The third kappa shape index (κ3) is 5.72. The smallest absolute Gasteiger partial charge is 0.408 e. The summed E-state index contributed by atoms with van der Waals surface area (Å²) in [6.07, 6.45) is -0.798. The zero-order chi connectivity index (χ0) is 25.9. The highest BCUT2D eigenvalue weighted by atomic mass is 16.6. The first-order valence-electron chi connectivity index (χ1n) is 11.2. The van der Waals surface area contributed by atoms with E-state index in [9.17, 15) is 19.5 Å². The van der Waals surface area contributed by atoms with Crippen molar-refractivity contribution >= 4 is 23.0 Å². The first-order valence-corrected chi connectivity index (χ1v) is 11.2. The molecular weight excluding hydrogens is 462 g/mol. The van der Waals surface area contributed by atoms with E-state index in [0.29, 0.717) is 16.9 Å². The maximum absolute atomic E-state index is 13.2. The molecule has 0 radical (unpaired) electrons. The molecule has 0 saturated carbocycles. The highest BCUT2D eigenvalue weighted by Gasteiger charge is 2.28. The maximum Gasteiger partial charge on any atom is 0.408 e. The Kier molecular flexibility index (Phi) is 6.78. The number of alkyl carbamates (subject to hydrolysis) is 1. The summed E-state index contributed by atoms with van der Waals surface area (Å²) in [5.41, 5.74) is -0.0343. The molecule has 0 aliphatic heterocycles. The molecule has 36 heavy (non-hydrogen) atoms. The number of ether oxygens (including phenoxy) is 2. The molecule has 4 rings (SSSR count). The molecule has 2 N–H and O–H groups in total. The number of carbonyl (C=O) groups excluding carboxylic acids is 2. The van der Waals surface area contributed by atoms with E-state index in [4.69, 9.17) is 13.9 Å². The number of nitrogens with one attached hydrogen (secondary N) is 1. The van der Waals surface area contributed by atoms with Crippen LogP contribution in [-0.2, 0) is 9.53 Å². The van der Waals surface area contributed by atoms with E-state index < -0.39 is 34.9 Å². The van der Waals surface area contributed by atoms with Crippen LogP contribution in [0.25, 0.3) is 22.3 Å². The maximum atomic E-state index is 13.2. The summed E-state index contributed by atoms with van der Waals surface area (Å²) in [4.78, 5) is 38.2. The van der Waals surface area contributed by atoms with Crippen molar-refractivity contribution in [3.63, 3.8) is 0 Å². The summed E-state index contributed by atoms with van der Waals surface area (Å²) >= 11 is 0. The van der Waals surface area contributed by atoms with Crippen LogP contribution in [0.2, 0.25) is 0 Å². The van der Waals surface area contributed by atoms with Gasteiger partial charge < -0.3 is 24.3 Å². The van der Waals surface area contributed by atoms with E-state index in [1.807, 2.05) is 6.07 Å². The van der Waals surface area contributed by atoms with Crippen molar-refractivity contribution < 1.29 is 28.6 Å². The van der Waals surface area contributed by atoms with Crippen LogP contribution < -0.4 is 15.5 Å². The summed E-state index contributed by atoms with van der Waals surface area (Å²) in [5.74, 6) is -0.998. The number of phenolic OH excluding ortho intramolecular Hbond substituents is 1. The number of benzene rings is 3. The fraction of sp³-hybridized carbons (Fsp3) is 0.179. The molecule has 0 aliphatic carbocycles. The van der Waals surface area contributed by atoms with Crippen LogP contribution in [0.4, 0.5) is 4.79 Å². The number of carbonyl (C=O) groups is 2. The molecule has 184 valence electrons. The van der Waals surface area contributed by atoms with Gasteiger partial charge in [0.15, 0.2) is 11.5 Å². The molecule has 8 nitrogen and oxygen atoms in total. The van der Waals surface area contributed by atoms with Crippen molar-refractivity contribution in [3.8, 4) is 22.8 Å². The van der Waals surface area contributed by atoms with E-state index in [1.165, 1.54) is 12.1 Å². The van der Waals surface area contributed by atoms with E-state index in [-0.39, 0.29) is 16.7 Å². The van der Waals surface area contributed by atoms with Gasteiger partial charge in [0.25, 0.3) is 0 Å². The second kappa shape index (κ2) is 9.95. The number of fused-ring (bicyclic) bond motifs is 1. The van der Waals surface area contributed by atoms with E-state index in [0.717, 1.165) is 6.07 Å². The van der Waals surface area contributed by atoms with Gasteiger partial charge in [-0.1, -0.05) is 60.7 Å². The van der Waals surface area contributed by atoms with Crippen molar-refractivity contribution in [2.45, 2.75) is 32.4 Å². The number of hydrogen-bond donors (Lipinski definition) is 2. The average Bonchev–Trinajstić information content (AvgIpc) is 2.82. The molecular formula is C28H25NO7. The third-order valence-electron chi connectivity index (χ3n) is 5.09. The lowest BCUT2D eigenvalue weighted by atomic mass is 10.1. The Bertz CT molecular complexity index is 1450. The fourth-order valence-electron chi connectivity index (χ4n) is 3.57. The molecule has 1 amide bonds. The van der Waals surface area contributed by atoms with Crippen molar-refractivity contribution in [2.24, 2.45) is 0 Å². The Morgan fingerprint density at radius 3 is 2.22 bits per heavy atom. The van der Waals surface area contributed by atoms with Crippen LogP contribution in [0.15, 0.2) is 88.1 Å². The number of amides is 1. The minimum Gasteiger partial charge on any atom is -0.507 e. The van der Waals surface area contributed by atoms with Gasteiger partial charge in [0.1, 0.15) is 33.8 Å². The van der Waals surface area contributed by atoms with Gasteiger partial charge in [-0.05, 0) is 26.3 Å². The zero-order valence-electron chi connectivity index (χ0n) is 20.0. The fourth-order valence-corrected chi connectivity index (χ4v) is 3.57. The topological polar surface area (TPSA) is 115 Å². The Morgan fingerprint density at radius 2 is 1.58 bits per heavy atom. The molecule has 0 aliphatic rings. The highest BCUT2D eigenvalue weighted by molar-refractivity contribution is 5.88. The summed E-state index contributed by atoms with van der Waals surface area (Å²) in [6, 6.07) is 20.1. The van der Waals surface area contributed by atoms with E-state index >= 15 is 0 Å². The standard InChI is InChI=1S/C28H25NO7/c1-28(2,3)36-27(33)29-25(18-12-8-5-9-13-18)26(32)34-19-14-20(30)24-21(31)16-22(35-23(24)15-19)17-10-6-4-7-11-17/h4-16,25,30H,1-3H3,(H,29,33). The highest BCUT2D eigenvalue weighted by Crippen LogP contribution is 2.32. The predicted molar refractivity (Wildman–Crippen MR) is 134 cm³/mol. The Hall–Kier alpha value is -4.59. The number of rotatable bonds is 5. The lowest BCUT2D eigenvalue weighted by molar-refractivity contribution is -0.137. The summed E-state index contributed by atoms with van der Waals surface area (Å²) in [5, 5.41) is 13.0. The molecule has 3 aromatic carbocycles. The Morgan fingerprint density at radius 1 is 0.944 bits per heavy atom. The number of hydrogen-bond acceptors (Lipinski definition) is 7. The van der Waals surface area contributed by atoms with E-state index in [1.54, 1.807) is 75.4 Å². The van der Waals surface area contributed by atoms with Crippen LogP contribution in [0.5, 0.6) is 11.5 Å². The van der Waals surface area contributed by atoms with Gasteiger partial charge in [-0.3, -0.25) is 4.79 Å². The second-order valence-electron chi connectivity index (χ2n) is 9.07. The van der Waals surface area contributed by atoms with Crippen LogP contribution in [0, 0.1) is 0 Å². The zero-order valence-corrected chi connectivity index (χ0v) is 20.0. The van der Waals surface area contributed by atoms with Gasteiger partial charge >= 0.3 is 12.1 Å². The Balaban J connectivity index is 1.67. The van der Waals surface area contributed by atoms with Gasteiger partial charge in [0.05, 0.1) is 0 Å². The van der Waals surface area contributed by atoms with E-state index in [2.05, 4.69) is 5.32 Å². The Labute approximate surface area is 207 Å². The minimum atomic E-state index is -1.19. The van der Waals surface area contributed by atoms with Gasteiger partial charge in [0, 0.05) is 23.8 Å². The molecule has 1 heterocycles. The minimum absolute atomic E-state index is 0.0408. The molecule has 1 unspecified atom stereocenters. The molecule has 0 bridgehead atoms. The van der Waals surface area contributed by atoms with Crippen molar-refractivity contribution in [1.82, 2.24) is 5.32 Å². The molecule has 0 saturated heterocycles. The summed E-state index contributed by atoms with van der Waals surface area (Å²) in [6.45, 7) is 5.12. The number of aromatic hydroxyl groups is 1. The van der Waals surface area contributed by atoms with Gasteiger partial charge in [-0.25, -0.2) is 9.59 Å². The number of esters is 1. The second-order valence-corrected chi connectivity index (χ2v) is 9.07. The van der Waals surface area contributed by atoms with Gasteiger partial charge in [-0.15, -0.1) is 0 Å². The van der Waals surface area contributed by atoms with Gasteiger partial charge in [-0.2, -0.15) is 0 Å². The predicted octanol–water partition coefficient (Wildman–Crippen LogP) is 5.34. The molecule has 1 aromatic heterocycles. The summed E-state index contributed by atoms with van der Waals surface area (Å²) < 4.78 is 16.6. The first kappa shape index (κ1) is 24.5. The summed E-state index contributed by atoms with van der Waals surface area (Å²) in [7, 11) is 0. The van der Waals surface area contributed by atoms with Crippen LogP contribution in [0.3, 0.4) is 0 Å². The lowest BCUT2D eigenvalue weighted by Gasteiger charge is -2.23. The van der Waals surface area contributed by atoms with Crippen molar-refractivity contribution in [1.29, 1.82) is 0 Å². The van der Waals surface area contributed by atoms with Gasteiger partial charge in [0.2, 0.25) is 0 Å². The first-order chi connectivity index (χ1) is 17.1. The number of phenols is 1. The average molecular weight is 488 g/mol. The van der Waals surface area contributed by atoms with Crippen LogP contribution in [0.1, 0.15) is 32.4 Å². The monoisotopic (exact) mass is 487 g/mol.